The minimum Gasteiger partial charge on any atom is -0.450 e. The quantitative estimate of drug-likeness (QED) is 0.720. The largest absolute Gasteiger partial charge is 0.450 e. The van der Waals surface area contributed by atoms with Crippen molar-refractivity contribution < 1.29 is 4.74 Å². The highest BCUT2D eigenvalue weighted by Crippen LogP contribution is 2.10. The van der Waals surface area contributed by atoms with Crippen LogP contribution in [-0.2, 0) is 0 Å². The minimum atomic E-state index is 0.0615. The van der Waals surface area contributed by atoms with Crippen LogP contribution in [0.5, 0.6) is 6.01 Å². The molecule has 0 fully saturated rings. The van der Waals surface area contributed by atoms with E-state index < -0.39 is 0 Å². The van der Waals surface area contributed by atoms with E-state index in [1.165, 1.54) is 0 Å². The van der Waals surface area contributed by atoms with Crippen LogP contribution in [0.15, 0.2) is 0 Å². The summed E-state index contributed by atoms with van der Waals surface area (Å²) in [4.78, 5) is 11.3. The first-order chi connectivity index (χ1) is 6.26. The number of nitrogens with one attached hydrogen (secondary N) is 1. The molecule has 68 valence electrons. The molecule has 1 N–H and O–H groups in total. The number of rotatable bonds is 3. The summed E-state index contributed by atoms with van der Waals surface area (Å²) >= 11 is 5.57. The molecular formula is C7H7ClN4O. The first-order valence-electron chi connectivity index (χ1n) is 3.42. The number of terminal acetylenes is 1. The Balaban J connectivity index is 2.83. The third kappa shape index (κ3) is 2.76. The number of aromatic nitrogens is 3. The van der Waals surface area contributed by atoms with Gasteiger partial charge in [-0.3, -0.25) is 0 Å². The van der Waals surface area contributed by atoms with E-state index in [9.17, 15) is 0 Å². The van der Waals surface area contributed by atoms with Crippen LogP contribution in [0.25, 0.3) is 0 Å². The molecule has 0 spiro atoms. The fourth-order valence-corrected chi connectivity index (χ4v) is 0.767. The molecule has 0 amide bonds. The molecule has 0 aliphatic rings. The van der Waals surface area contributed by atoms with E-state index in [4.69, 9.17) is 22.8 Å². The molecule has 0 radical (unpaired) electrons. The van der Waals surface area contributed by atoms with Crippen LogP contribution in [0, 0.1) is 12.3 Å². The first-order valence-corrected chi connectivity index (χ1v) is 3.79. The molecule has 0 bridgehead atoms. The van der Waals surface area contributed by atoms with Crippen LogP contribution in [0.3, 0.4) is 0 Å². The highest BCUT2D eigenvalue weighted by Gasteiger charge is 2.03. The van der Waals surface area contributed by atoms with E-state index in [2.05, 4.69) is 26.2 Å². The molecule has 0 unspecified atom stereocenters. The zero-order valence-electron chi connectivity index (χ0n) is 6.91. The van der Waals surface area contributed by atoms with Crippen molar-refractivity contribution in [3.63, 3.8) is 0 Å². The van der Waals surface area contributed by atoms with Gasteiger partial charge in [-0.1, -0.05) is 5.92 Å². The molecule has 0 aliphatic carbocycles. The second-order valence-corrected chi connectivity index (χ2v) is 2.29. The van der Waals surface area contributed by atoms with Gasteiger partial charge in [-0.2, -0.15) is 15.0 Å². The van der Waals surface area contributed by atoms with Crippen molar-refractivity contribution in [3.05, 3.63) is 5.28 Å². The number of hydrogen-bond donors (Lipinski definition) is 1. The van der Waals surface area contributed by atoms with Gasteiger partial charge in [0.2, 0.25) is 11.2 Å². The Hall–Kier alpha value is -1.54. The van der Waals surface area contributed by atoms with Gasteiger partial charge in [0.25, 0.3) is 0 Å². The molecule has 0 aromatic carbocycles. The molecule has 1 heterocycles. The van der Waals surface area contributed by atoms with E-state index in [0.29, 0.717) is 5.95 Å². The summed E-state index contributed by atoms with van der Waals surface area (Å²) in [5.41, 5.74) is 0. The summed E-state index contributed by atoms with van der Waals surface area (Å²) in [6, 6.07) is 0.113. The Kier molecular flexibility index (Phi) is 3.29. The number of anilines is 1. The average molecular weight is 199 g/mol. The Morgan fingerprint density at radius 2 is 2.31 bits per heavy atom. The average Bonchev–Trinajstić information content (AvgIpc) is 2.14. The summed E-state index contributed by atoms with van der Waals surface area (Å²) in [7, 11) is 1.66. The molecule has 6 heteroatoms. The smallest absolute Gasteiger partial charge is 0.323 e. The molecule has 0 atom stereocenters. The maximum Gasteiger partial charge on any atom is 0.323 e. The van der Waals surface area contributed by atoms with Crippen LogP contribution >= 0.6 is 11.6 Å². The van der Waals surface area contributed by atoms with E-state index in [0.717, 1.165) is 0 Å². The Labute approximate surface area is 80.5 Å². The normalized spacial score (nSPS) is 9.00. The third-order valence-corrected chi connectivity index (χ3v) is 1.26. The highest BCUT2D eigenvalue weighted by molar-refractivity contribution is 6.28. The molecule has 13 heavy (non-hydrogen) atoms. The van der Waals surface area contributed by atoms with Crippen molar-refractivity contribution in [2.45, 2.75) is 0 Å². The van der Waals surface area contributed by atoms with Crippen molar-refractivity contribution in [2.75, 3.05) is 19.0 Å². The summed E-state index contributed by atoms with van der Waals surface area (Å²) in [6.45, 7) is 0.101. The predicted molar refractivity (Wildman–Crippen MR) is 48.7 cm³/mol. The Morgan fingerprint density at radius 1 is 1.54 bits per heavy atom. The topological polar surface area (TPSA) is 59.9 Å². The van der Waals surface area contributed by atoms with Gasteiger partial charge in [0.05, 0.1) is 0 Å². The molecule has 1 rings (SSSR count). The van der Waals surface area contributed by atoms with Crippen LogP contribution in [0.1, 0.15) is 0 Å². The second kappa shape index (κ2) is 4.48. The molecular weight excluding hydrogens is 192 g/mol. The summed E-state index contributed by atoms with van der Waals surface area (Å²) in [5, 5.41) is 2.77. The number of ether oxygens (including phenoxy) is 1. The monoisotopic (exact) mass is 198 g/mol. The fraction of sp³-hybridized carbons (Fsp3) is 0.286. The lowest BCUT2D eigenvalue weighted by molar-refractivity contribution is 0.339. The van der Waals surface area contributed by atoms with E-state index in [1.54, 1.807) is 7.05 Å². The molecule has 0 saturated heterocycles. The lowest BCUT2D eigenvalue weighted by Crippen LogP contribution is -2.04. The standard InChI is InChI=1S/C7H7ClN4O/c1-3-4-13-7-11-5(8)10-6(9-2)12-7/h1H,4H2,2H3,(H,9,10,11,12). The van der Waals surface area contributed by atoms with Gasteiger partial charge in [0.15, 0.2) is 6.61 Å². The minimum absolute atomic E-state index is 0.0615. The van der Waals surface area contributed by atoms with Gasteiger partial charge in [-0.05, 0) is 11.6 Å². The van der Waals surface area contributed by atoms with Crippen molar-refractivity contribution in [1.82, 2.24) is 15.0 Å². The highest BCUT2D eigenvalue weighted by atomic mass is 35.5. The summed E-state index contributed by atoms with van der Waals surface area (Å²) < 4.78 is 4.96. The van der Waals surface area contributed by atoms with Gasteiger partial charge >= 0.3 is 6.01 Å². The van der Waals surface area contributed by atoms with Gasteiger partial charge in [-0.15, -0.1) is 6.42 Å². The molecule has 1 aromatic rings. The Morgan fingerprint density at radius 3 is 2.92 bits per heavy atom. The van der Waals surface area contributed by atoms with Crippen LogP contribution in [0.2, 0.25) is 5.28 Å². The number of hydrogen-bond acceptors (Lipinski definition) is 5. The van der Waals surface area contributed by atoms with E-state index >= 15 is 0 Å². The van der Waals surface area contributed by atoms with Crippen molar-refractivity contribution >= 4 is 17.5 Å². The fourth-order valence-electron chi connectivity index (χ4n) is 0.614. The van der Waals surface area contributed by atoms with E-state index in [1.807, 2.05) is 0 Å². The zero-order chi connectivity index (χ0) is 9.68. The van der Waals surface area contributed by atoms with E-state index in [-0.39, 0.29) is 17.9 Å². The van der Waals surface area contributed by atoms with Gasteiger partial charge in [-0.25, -0.2) is 0 Å². The van der Waals surface area contributed by atoms with Gasteiger partial charge < -0.3 is 10.1 Å². The van der Waals surface area contributed by atoms with Crippen molar-refractivity contribution in [3.8, 4) is 18.4 Å². The zero-order valence-corrected chi connectivity index (χ0v) is 7.67. The summed E-state index contributed by atoms with van der Waals surface area (Å²) in [6.07, 6.45) is 4.99. The molecule has 5 nitrogen and oxygen atoms in total. The number of nitrogens with zero attached hydrogens (tertiary/aromatic N) is 3. The summed E-state index contributed by atoms with van der Waals surface area (Å²) in [5.74, 6) is 2.63. The van der Waals surface area contributed by atoms with Gasteiger partial charge in [0, 0.05) is 7.05 Å². The van der Waals surface area contributed by atoms with Crippen LogP contribution in [-0.4, -0.2) is 28.6 Å². The second-order valence-electron chi connectivity index (χ2n) is 1.95. The number of halogens is 1. The van der Waals surface area contributed by atoms with Crippen LogP contribution in [0.4, 0.5) is 5.95 Å². The maximum atomic E-state index is 5.57. The van der Waals surface area contributed by atoms with Crippen molar-refractivity contribution in [1.29, 1.82) is 0 Å². The predicted octanol–water partition coefficient (Wildman–Crippen LogP) is 0.579. The Bertz CT molecular complexity index is 336. The molecule has 0 aliphatic heterocycles. The van der Waals surface area contributed by atoms with Gasteiger partial charge in [0.1, 0.15) is 0 Å². The third-order valence-electron chi connectivity index (χ3n) is 1.10. The first kappa shape index (κ1) is 9.55. The molecule has 0 saturated carbocycles. The lowest BCUT2D eigenvalue weighted by Gasteiger charge is -2.02. The lowest BCUT2D eigenvalue weighted by atomic mass is 10.7. The SMILES string of the molecule is C#CCOc1nc(Cl)nc(NC)n1. The molecule has 1 aromatic heterocycles. The maximum absolute atomic E-state index is 5.57. The van der Waals surface area contributed by atoms with Crippen molar-refractivity contribution in [2.24, 2.45) is 0 Å². The van der Waals surface area contributed by atoms with Crippen LogP contribution < -0.4 is 10.1 Å².